The Morgan fingerprint density at radius 3 is 2.70 bits per heavy atom. The first-order valence-electron chi connectivity index (χ1n) is 6.76. The van der Waals surface area contributed by atoms with Crippen molar-refractivity contribution in [1.82, 2.24) is 4.90 Å². The first-order valence-corrected chi connectivity index (χ1v) is 6.76. The summed E-state index contributed by atoms with van der Waals surface area (Å²) in [5, 5.41) is 11.6. The molecule has 20 heavy (non-hydrogen) atoms. The van der Waals surface area contributed by atoms with Crippen molar-refractivity contribution in [3.05, 3.63) is 29.3 Å². The zero-order valence-corrected chi connectivity index (χ0v) is 11.8. The number of rotatable bonds is 5. The number of aliphatic carboxylic acids is 1. The maximum absolute atomic E-state index is 11.9. The van der Waals surface area contributed by atoms with Crippen molar-refractivity contribution >= 4 is 17.6 Å². The second-order valence-electron chi connectivity index (χ2n) is 5.45. The van der Waals surface area contributed by atoms with Crippen LogP contribution >= 0.6 is 0 Å². The summed E-state index contributed by atoms with van der Waals surface area (Å²) in [6.07, 6.45) is 0.190. The average Bonchev–Trinajstić information content (AvgIpc) is 2.32. The highest BCUT2D eigenvalue weighted by molar-refractivity contribution is 5.93. The van der Waals surface area contributed by atoms with Gasteiger partial charge in [-0.15, -0.1) is 0 Å². The highest BCUT2D eigenvalue weighted by atomic mass is 16.4. The molecular formula is C15H20N2O3. The molecule has 0 unspecified atom stereocenters. The van der Waals surface area contributed by atoms with Crippen LogP contribution in [0.4, 0.5) is 5.69 Å². The minimum Gasteiger partial charge on any atom is -0.481 e. The summed E-state index contributed by atoms with van der Waals surface area (Å²) in [4.78, 5) is 24.4. The third-order valence-corrected chi connectivity index (χ3v) is 3.74. The van der Waals surface area contributed by atoms with Crippen molar-refractivity contribution in [3.8, 4) is 0 Å². The molecule has 1 aromatic rings. The van der Waals surface area contributed by atoms with Crippen LogP contribution in [0.15, 0.2) is 18.2 Å². The van der Waals surface area contributed by atoms with Crippen molar-refractivity contribution in [2.75, 3.05) is 25.0 Å². The van der Waals surface area contributed by atoms with Gasteiger partial charge >= 0.3 is 5.97 Å². The van der Waals surface area contributed by atoms with Crippen LogP contribution in [0.25, 0.3) is 0 Å². The van der Waals surface area contributed by atoms with E-state index in [4.69, 9.17) is 5.11 Å². The Morgan fingerprint density at radius 1 is 1.35 bits per heavy atom. The minimum atomic E-state index is -0.769. The van der Waals surface area contributed by atoms with Gasteiger partial charge in [0.05, 0.1) is 13.0 Å². The van der Waals surface area contributed by atoms with E-state index in [2.05, 4.69) is 5.32 Å². The Labute approximate surface area is 118 Å². The van der Waals surface area contributed by atoms with Crippen LogP contribution in [0.5, 0.6) is 0 Å². The molecule has 1 aliphatic rings. The molecule has 0 saturated carbocycles. The van der Waals surface area contributed by atoms with Crippen LogP contribution in [-0.4, -0.2) is 41.5 Å². The number of carboxylic acid groups (broad SMARTS) is 1. The molecule has 1 aromatic carbocycles. The predicted molar refractivity (Wildman–Crippen MR) is 76.7 cm³/mol. The molecule has 0 aromatic heterocycles. The zero-order valence-electron chi connectivity index (χ0n) is 11.8. The molecule has 108 valence electrons. The van der Waals surface area contributed by atoms with E-state index in [-0.39, 0.29) is 18.2 Å². The monoisotopic (exact) mass is 276 g/mol. The van der Waals surface area contributed by atoms with E-state index in [1.807, 2.05) is 36.9 Å². The normalized spacial score (nSPS) is 15.7. The molecular weight excluding hydrogens is 256 g/mol. The molecule has 5 nitrogen and oxygen atoms in total. The third kappa shape index (κ3) is 3.57. The second-order valence-corrected chi connectivity index (χ2v) is 5.45. The van der Waals surface area contributed by atoms with Gasteiger partial charge in [-0.25, -0.2) is 0 Å². The zero-order chi connectivity index (χ0) is 14.7. The van der Waals surface area contributed by atoms with Gasteiger partial charge in [0.1, 0.15) is 0 Å². The Morgan fingerprint density at radius 2 is 2.05 bits per heavy atom. The fourth-order valence-corrected chi connectivity index (χ4v) is 2.46. The summed E-state index contributed by atoms with van der Waals surface area (Å²) in [5.74, 6) is -0.636. The van der Waals surface area contributed by atoms with Crippen LogP contribution in [0, 0.1) is 19.8 Å². The molecule has 0 bridgehead atoms. The summed E-state index contributed by atoms with van der Waals surface area (Å²) in [5.41, 5.74) is 3.07. The van der Waals surface area contributed by atoms with Gasteiger partial charge in [-0.1, -0.05) is 12.1 Å². The molecule has 0 aliphatic carbocycles. The number of nitrogens with zero attached hydrogens (tertiary/aromatic N) is 1. The average molecular weight is 276 g/mol. The Hall–Kier alpha value is -1.88. The van der Waals surface area contributed by atoms with E-state index in [1.54, 1.807) is 0 Å². The summed E-state index contributed by atoms with van der Waals surface area (Å²) in [6.45, 7) is 5.69. The predicted octanol–water partition coefficient (Wildman–Crippen LogP) is 1.65. The van der Waals surface area contributed by atoms with Gasteiger partial charge in [0.2, 0.25) is 5.91 Å². The topological polar surface area (TPSA) is 69.6 Å². The molecule has 1 aliphatic heterocycles. The largest absolute Gasteiger partial charge is 0.481 e. The number of nitrogens with one attached hydrogen (secondary N) is 1. The van der Waals surface area contributed by atoms with Gasteiger partial charge < -0.3 is 10.4 Å². The number of carbonyl (C=O) groups excluding carboxylic acids is 1. The van der Waals surface area contributed by atoms with Gasteiger partial charge in [-0.3, -0.25) is 14.5 Å². The number of carbonyl (C=O) groups is 2. The standard InChI is InChI=1S/C15H20N2O3/c1-10-4-3-5-13(11(10)2)16-14(18)9-17-7-12(8-17)6-15(19)20/h3-5,12H,6-9H2,1-2H3,(H,16,18)(H,19,20). The Kier molecular flexibility index (Phi) is 4.39. The van der Waals surface area contributed by atoms with Crippen molar-refractivity contribution in [3.63, 3.8) is 0 Å². The lowest BCUT2D eigenvalue weighted by atomic mass is 9.96. The molecule has 1 saturated heterocycles. The molecule has 2 N–H and O–H groups in total. The highest BCUT2D eigenvalue weighted by Crippen LogP contribution is 2.20. The summed E-state index contributed by atoms with van der Waals surface area (Å²) < 4.78 is 0. The summed E-state index contributed by atoms with van der Waals surface area (Å²) >= 11 is 0. The summed E-state index contributed by atoms with van der Waals surface area (Å²) in [6, 6.07) is 5.82. The van der Waals surface area contributed by atoms with Crippen molar-refractivity contribution in [1.29, 1.82) is 0 Å². The number of benzene rings is 1. The van der Waals surface area contributed by atoms with Crippen molar-refractivity contribution < 1.29 is 14.7 Å². The minimum absolute atomic E-state index is 0.0486. The first-order chi connectivity index (χ1) is 9.45. The molecule has 5 heteroatoms. The SMILES string of the molecule is Cc1cccc(NC(=O)CN2CC(CC(=O)O)C2)c1C. The maximum Gasteiger partial charge on any atom is 0.303 e. The molecule has 1 heterocycles. The van der Waals surface area contributed by atoms with E-state index in [1.165, 1.54) is 0 Å². The van der Waals surface area contributed by atoms with Crippen LogP contribution in [0.3, 0.4) is 0 Å². The van der Waals surface area contributed by atoms with Crippen LogP contribution < -0.4 is 5.32 Å². The summed E-state index contributed by atoms with van der Waals surface area (Å²) in [7, 11) is 0. The molecule has 0 spiro atoms. The van der Waals surface area contributed by atoms with Gasteiger partial charge in [-0.05, 0) is 37.0 Å². The van der Waals surface area contributed by atoms with E-state index < -0.39 is 5.97 Å². The quantitative estimate of drug-likeness (QED) is 0.858. The molecule has 1 fully saturated rings. The van der Waals surface area contributed by atoms with Gasteiger partial charge in [0, 0.05) is 18.8 Å². The maximum atomic E-state index is 11.9. The highest BCUT2D eigenvalue weighted by Gasteiger charge is 2.29. The first kappa shape index (κ1) is 14.5. The Balaban J connectivity index is 1.80. The number of aryl methyl sites for hydroxylation is 1. The third-order valence-electron chi connectivity index (χ3n) is 3.74. The second kappa shape index (κ2) is 6.05. The molecule has 0 radical (unpaired) electrons. The molecule has 1 amide bonds. The van der Waals surface area contributed by atoms with Crippen molar-refractivity contribution in [2.45, 2.75) is 20.3 Å². The lowest BCUT2D eigenvalue weighted by Gasteiger charge is -2.37. The van der Waals surface area contributed by atoms with E-state index in [0.29, 0.717) is 19.6 Å². The number of anilines is 1. The molecule has 2 rings (SSSR count). The fourth-order valence-electron chi connectivity index (χ4n) is 2.46. The lowest BCUT2D eigenvalue weighted by Crippen LogP contribution is -2.50. The molecule has 0 atom stereocenters. The Bertz CT molecular complexity index is 522. The van der Waals surface area contributed by atoms with Crippen LogP contribution in [0.1, 0.15) is 17.5 Å². The lowest BCUT2D eigenvalue weighted by molar-refractivity contribution is -0.139. The fraction of sp³-hybridized carbons (Fsp3) is 0.467. The van der Waals surface area contributed by atoms with Crippen LogP contribution in [0.2, 0.25) is 0 Å². The smallest absolute Gasteiger partial charge is 0.303 e. The van der Waals surface area contributed by atoms with E-state index in [0.717, 1.165) is 16.8 Å². The number of amides is 1. The number of carboxylic acids is 1. The number of hydrogen-bond acceptors (Lipinski definition) is 3. The van der Waals surface area contributed by atoms with E-state index >= 15 is 0 Å². The van der Waals surface area contributed by atoms with Gasteiger partial charge in [-0.2, -0.15) is 0 Å². The number of likely N-dealkylation sites (tertiary alicyclic amines) is 1. The van der Waals surface area contributed by atoms with Crippen molar-refractivity contribution in [2.24, 2.45) is 5.92 Å². The van der Waals surface area contributed by atoms with Crippen LogP contribution in [-0.2, 0) is 9.59 Å². The van der Waals surface area contributed by atoms with Gasteiger partial charge in [0.15, 0.2) is 0 Å². The van der Waals surface area contributed by atoms with E-state index in [9.17, 15) is 9.59 Å². The van der Waals surface area contributed by atoms with Gasteiger partial charge in [0.25, 0.3) is 0 Å². The number of hydrogen-bond donors (Lipinski definition) is 2.